The van der Waals surface area contributed by atoms with Crippen LogP contribution in [0, 0.1) is 0 Å². The van der Waals surface area contributed by atoms with Gasteiger partial charge in [-0.3, -0.25) is 4.57 Å². The summed E-state index contributed by atoms with van der Waals surface area (Å²) >= 11 is 0. The van der Waals surface area contributed by atoms with Crippen LogP contribution >= 0.6 is 7.60 Å². The van der Waals surface area contributed by atoms with E-state index >= 15 is 0 Å². The molecule has 0 heterocycles. The molecule has 0 bridgehead atoms. The number of hydrogen-bond donors (Lipinski definition) is 1. The molecule has 0 spiro atoms. The second kappa shape index (κ2) is 11.4. The summed E-state index contributed by atoms with van der Waals surface area (Å²) in [6, 6.07) is 17.6. The Kier molecular flexibility index (Phi) is 8.29. The van der Waals surface area contributed by atoms with E-state index < -0.39 is 13.4 Å². The van der Waals surface area contributed by atoms with Crippen LogP contribution in [0.4, 0.5) is 5.69 Å². The predicted octanol–water partition coefficient (Wildman–Crippen LogP) is 7.70. The molecular formula is C26H36NO4P. The number of para-hydroxylation sites is 1. The molecule has 2 aromatic rings. The zero-order valence-electron chi connectivity index (χ0n) is 19.1. The summed E-state index contributed by atoms with van der Waals surface area (Å²) in [5.41, 5.74) is 1.78. The zero-order chi connectivity index (χ0) is 22.2. The Morgan fingerprint density at radius 1 is 0.781 bits per heavy atom. The van der Waals surface area contributed by atoms with Gasteiger partial charge in [-0.2, -0.15) is 0 Å². The average Bonchev–Trinajstić information content (AvgIpc) is 2.84. The van der Waals surface area contributed by atoms with Crippen molar-refractivity contribution in [1.82, 2.24) is 0 Å². The van der Waals surface area contributed by atoms with Crippen molar-refractivity contribution >= 4 is 13.3 Å². The molecular weight excluding hydrogens is 421 g/mol. The zero-order valence-corrected chi connectivity index (χ0v) is 20.0. The Labute approximate surface area is 192 Å². The third kappa shape index (κ3) is 6.15. The monoisotopic (exact) mass is 457 g/mol. The molecule has 0 unspecified atom stereocenters. The number of benzene rings is 2. The fourth-order valence-corrected chi connectivity index (χ4v) is 7.12. The molecule has 2 aliphatic rings. The summed E-state index contributed by atoms with van der Waals surface area (Å²) in [7, 11) is -1.88. The fraction of sp³-hybridized carbons (Fsp3) is 0.538. The molecule has 0 amide bonds. The quantitative estimate of drug-likeness (QED) is 0.391. The van der Waals surface area contributed by atoms with Crippen LogP contribution in [0.25, 0.3) is 0 Å². The predicted molar refractivity (Wildman–Crippen MR) is 129 cm³/mol. The van der Waals surface area contributed by atoms with E-state index in [2.05, 4.69) is 5.32 Å². The summed E-state index contributed by atoms with van der Waals surface area (Å²) in [5.74, 6) is 0.183. The largest absolute Gasteiger partial charge is 0.497 e. The molecule has 6 heteroatoms. The lowest BCUT2D eigenvalue weighted by molar-refractivity contribution is 0.0758. The highest BCUT2D eigenvalue weighted by Crippen LogP contribution is 2.64. The SMILES string of the molecule is COc1ccc([C@@H](Nc2ccccc2)P(=O)(OC2CCCCC2)OC2CCCCC2)cc1. The molecule has 1 N–H and O–H groups in total. The summed E-state index contributed by atoms with van der Waals surface area (Å²) < 4.78 is 32.9. The van der Waals surface area contributed by atoms with Crippen molar-refractivity contribution in [3.05, 3.63) is 60.2 Å². The van der Waals surface area contributed by atoms with Gasteiger partial charge in [0, 0.05) is 5.69 Å². The minimum Gasteiger partial charge on any atom is -0.497 e. The molecule has 0 radical (unpaired) electrons. The lowest BCUT2D eigenvalue weighted by atomic mass is 9.98. The van der Waals surface area contributed by atoms with Gasteiger partial charge >= 0.3 is 7.60 Å². The second-order valence-electron chi connectivity index (χ2n) is 8.96. The summed E-state index contributed by atoms with van der Waals surface area (Å²) in [4.78, 5) is 0. The van der Waals surface area contributed by atoms with Gasteiger partial charge in [0.15, 0.2) is 5.78 Å². The number of hydrogen-bond acceptors (Lipinski definition) is 5. The van der Waals surface area contributed by atoms with E-state index in [1.54, 1.807) is 7.11 Å². The van der Waals surface area contributed by atoms with Crippen molar-refractivity contribution in [3.63, 3.8) is 0 Å². The average molecular weight is 458 g/mol. The van der Waals surface area contributed by atoms with Gasteiger partial charge in [0.2, 0.25) is 0 Å². The molecule has 32 heavy (non-hydrogen) atoms. The van der Waals surface area contributed by atoms with Crippen LogP contribution < -0.4 is 10.1 Å². The highest BCUT2D eigenvalue weighted by atomic mass is 31.2. The lowest BCUT2D eigenvalue weighted by Gasteiger charge is -2.36. The fourth-order valence-electron chi connectivity index (χ4n) is 4.73. The minimum absolute atomic E-state index is 0.0171. The Morgan fingerprint density at radius 3 is 1.81 bits per heavy atom. The molecule has 5 nitrogen and oxygen atoms in total. The third-order valence-electron chi connectivity index (χ3n) is 6.52. The minimum atomic E-state index is -3.53. The first-order chi connectivity index (χ1) is 15.7. The normalized spacial score (nSPS) is 19.4. The topological polar surface area (TPSA) is 56.8 Å². The van der Waals surface area contributed by atoms with Crippen LogP contribution in [0.15, 0.2) is 54.6 Å². The van der Waals surface area contributed by atoms with E-state index in [-0.39, 0.29) is 12.2 Å². The molecule has 1 atom stereocenters. The number of nitrogens with one attached hydrogen (secondary N) is 1. The maximum absolute atomic E-state index is 14.7. The van der Waals surface area contributed by atoms with Gasteiger partial charge in [-0.05, 0) is 55.5 Å². The standard InChI is InChI=1S/C26H36NO4P/c1-29-23-19-17-21(18-20-23)26(27-22-11-5-2-6-12-22)32(28,30-24-13-7-3-8-14-24)31-25-15-9-4-10-16-25/h2,5-6,11-12,17-20,24-27H,3-4,7-10,13-16H2,1H3/t26-/m0/s1. The van der Waals surface area contributed by atoms with Crippen molar-refractivity contribution in [2.45, 2.75) is 82.2 Å². The van der Waals surface area contributed by atoms with Gasteiger partial charge in [-0.15, -0.1) is 0 Å². The Balaban J connectivity index is 1.68. The molecule has 174 valence electrons. The molecule has 0 aliphatic heterocycles. The second-order valence-corrected chi connectivity index (χ2v) is 11.0. The van der Waals surface area contributed by atoms with Gasteiger partial charge < -0.3 is 19.1 Å². The van der Waals surface area contributed by atoms with Crippen LogP contribution in [0.2, 0.25) is 0 Å². The molecule has 2 saturated carbocycles. The molecule has 0 saturated heterocycles. The van der Waals surface area contributed by atoms with Crippen LogP contribution in [0.3, 0.4) is 0 Å². The molecule has 2 aromatic carbocycles. The van der Waals surface area contributed by atoms with Crippen molar-refractivity contribution in [1.29, 1.82) is 0 Å². The molecule has 4 rings (SSSR count). The van der Waals surface area contributed by atoms with Crippen LogP contribution in [0.1, 0.15) is 75.6 Å². The van der Waals surface area contributed by atoms with E-state index in [1.807, 2.05) is 54.6 Å². The number of rotatable bonds is 9. The van der Waals surface area contributed by atoms with Crippen molar-refractivity contribution in [2.24, 2.45) is 0 Å². The number of ether oxygens (including phenoxy) is 1. The Hall–Kier alpha value is -1.81. The number of methoxy groups -OCH3 is 1. The molecule has 2 fully saturated rings. The number of anilines is 1. The van der Waals surface area contributed by atoms with Gasteiger partial charge in [0.25, 0.3) is 0 Å². The van der Waals surface area contributed by atoms with Crippen LogP contribution in [0.5, 0.6) is 5.75 Å². The van der Waals surface area contributed by atoms with E-state index in [0.29, 0.717) is 0 Å². The summed E-state index contributed by atoms with van der Waals surface area (Å²) in [6.45, 7) is 0. The maximum Gasteiger partial charge on any atom is 0.357 e. The van der Waals surface area contributed by atoms with E-state index in [9.17, 15) is 4.57 Å². The highest BCUT2D eigenvalue weighted by molar-refractivity contribution is 7.54. The van der Waals surface area contributed by atoms with Gasteiger partial charge in [0.05, 0.1) is 19.3 Å². The highest BCUT2D eigenvalue weighted by Gasteiger charge is 2.42. The first kappa shape index (κ1) is 23.4. The van der Waals surface area contributed by atoms with E-state index in [4.69, 9.17) is 13.8 Å². The van der Waals surface area contributed by atoms with Crippen LogP contribution in [-0.2, 0) is 13.6 Å². The van der Waals surface area contributed by atoms with Gasteiger partial charge in [-0.1, -0.05) is 68.9 Å². The van der Waals surface area contributed by atoms with Crippen molar-refractivity contribution < 1.29 is 18.3 Å². The maximum atomic E-state index is 14.7. The first-order valence-electron chi connectivity index (χ1n) is 12.1. The van der Waals surface area contributed by atoms with Crippen molar-refractivity contribution in [2.75, 3.05) is 12.4 Å². The summed E-state index contributed by atoms with van der Waals surface area (Å²) in [6.07, 6.45) is 10.7. The Bertz CT molecular complexity index is 837. The Morgan fingerprint density at radius 2 is 1.31 bits per heavy atom. The van der Waals surface area contributed by atoms with Gasteiger partial charge in [0.1, 0.15) is 5.75 Å². The molecule has 0 aromatic heterocycles. The summed E-state index contributed by atoms with van der Waals surface area (Å²) in [5, 5.41) is 3.50. The first-order valence-corrected chi connectivity index (χ1v) is 13.7. The molecule has 2 aliphatic carbocycles. The van der Waals surface area contributed by atoms with E-state index in [1.165, 1.54) is 12.8 Å². The van der Waals surface area contributed by atoms with Gasteiger partial charge in [-0.25, -0.2) is 0 Å². The van der Waals surface area contributed by atoms with E-state index in [0.717, 1.165) is 68.4 Å². The third-order valence-corrected chi connectivity index (χ3v) is 8.77. The smallest absolute Gasteiger partial charge is 0.357 e. The lowest BCUT2D eigenvalue weighted by Crippen LogP contribution is -2.25. The van der Waals surface area contributed by atoms with Crippen LogP contribution in [-0.4, -0.2) is 19.3 Å². The van der Waals surface area contributed by atoms with Crippen molar-refractivity contribution in [3.8, 4) is 5.75 Å².